The van der Waals surface area contributed by atoms with Crippen LogP contribution in [0, 0.1) is 0 Å². The van der Waals surface area contributed by atoms with E-state index in [-0.39, 0.29) is 5.76 Å². The van der Waals surface area contributed by atoms with Gasteiger partial charge in [-0.3, -0.25) is 0 Å². The van der Waals surface area contributed by atoms with E-state index in [0.717, 1.165) is 0 Å². The first-order valence-electron chi connectivity index (χ1n) is 3.37. The zero-order chi connectivity index (χ0) is 10.3. The van der Waals surface area contributed by atoms with Gasteiger partial charge in [-0.05, 0) is 19.1 Å². The van der Waals surface area contributed by atoms with Crippen LogP contribution in [-0.2, 0) is 4.18 Å². The molecule has 0 aliphatic heterocycles. The summed E-state index contributed by atoms with van der Waals surface area (Å²) in [4.78, 5) is 0. The average molecular weight is 210 g/mol. The summed E-state index contributed by atoms with van der Waals surface area (Å²) in [6, 6.07) is 0. The van der Waals surface area contributed by atoms with E-state index in [0.29, 0.717) is 0 Å². The Morgan fingerprint density at radius 1 is 1.46 bits per heavy atom. The van der Waals surface area contributed by atoms with Crippen LogP contribution >= 0.6 is 12.0 Å². The van der Waals surface area contributed by atoms with Crippen molar-refractivity contribution < 1.29 is 17.4 Å². The lowest BCUT2D eigenvalue weighted by molar-refractivity contribution is -0.0382. The fraction of sp³-hybridized carbons (Fsp3) is 0.250. The van der Waals surface area contributed by atoms with Gasteiger partial charge in [0.1, 0.15) is 5.76 Å². The molecule has 0 N–H and O–H groups in total. The van der Waals surface area contributed by atoms with Crippen LogP contribution in [0.2, 0.25) is 0 Å². The molecule has 0 heterocycles. The topological polar surface area (TPSA) is 9.23 Å². The van der Waals surface area contributed by atoms with Crippen molar-refractivity contribution in [3.05, 3.63) is 36.6 Å². The fourth-order valence-corrected chi connectivity index (χ4v) is 0.789. The SMILES string of the molecule is C=C/C=C(\C=C/C)OSC(F)(F)F. The summed E-state index contributed by atoms with van der Waals surface area (Å²) in [5.41, 5.74) is -4.39. The Bertz CT molecular complexity index is 218. The van der Waals surface area contributed by atoms with E-state index < -0.39 is 17.6 Å². The molecule has 0 fully saturated rings. The maximum absolute atomic E-state index is 11.7. The smallest absolute Gasteiger partial charge is 0.417 e. The van der Waals surface area contributed by atoms with Crippen molar-refractivity contribution in [2.45, 2.75) is 12.4 Å². The Hall–Kier alpha value is -0.840. The number of hydrogen-bond donors (Lipinski definition) is 0. The second-order valence-electron chi connectivity index (χ2n) is 1.92. The van der Waals surface area contributed by atoms with Gasteiger partial charge in [0.05, 0.1) is 0 Å². The van der Waals surface area contributed by atoms with Gasteiger partial charge in [0, 0.05) is 0 Å². The Morgan fingerprint density at radius 2 is 2.08 bits per heavy atom. The van der Waals surface area contributed by atoms with E-state index >= 15 is 0 Å². The molecule has 0 spiro atoms. The summed E-state index contributed by atoms with van der Waals surface area (Å²) in [6.45, 7) is 5.03. The van der Waals surface area contributed by atoms with E-state index in [4.69, 9.17) is 0 Å². The minimum atomic E-state index is -4.39. The Kier molecular flexibility index (Phi) is 5.37. The fourth-order valence-electron chi connectivity index (χ4n) is 0.487. The molecule has 0 saturated heterocycles. The molecule has 0 radical (unpaired) electrons. The molecule has 5 heteroatoms. The van der Waals surface area contributed by atoms with Gasteiger partial charge in [0.2, 0.25) is 0 Å². The zero-order valence-electron chi connectivity index (χ0n) is 6.97. The minimum Gasteiger partial charge on any atom is -0.417 e. The molecule has 0 aliphatic carbocycles. The Balaban J connectivity index is 4.13. The highest BCUT2D eigenvalue weighted by Gasteiger charge is 2.31. The van der Waals surface area contributed by atoms with Gasteiger partial charge in [0.25, 0.3) is 0 Å². The molecule has 0 unspecified atom stereocenters. The van der Waals surface area contributed by atoms with Crippen LogP contribution in [0.4, 0.5) is 13.2 Å². The molecule has 0 saturated carbocycles. The molecule has 1 nitrogen and oxygen atoms in total. The second kappa shape index (κ2) is 5.75. The molecule has 0 aromatic heterocycles. The zero-order valence-corrected chi connectivity index (χ0v) is 7.78. The molecule has 74 valence electrons. The van der Waals surface area contributed by atoms with Crippen LogP contribution in [0.3, 0.4) is 0 Å². The number of halogens is 3. The average Bonchev–Trinajstić information content (AvgIpc) is 2.00. The largest absolute Gasteiger partial charge is 0.479 e. The van der Waals surface area contributed by atoms with Crippen molar-refractivity contribution in [1.82, 2.24) is 0 Å². The summed E-state index contributed by atoms with van der Waals surface area (Å²) < 4.78 is 39.4. The predicted molar refractivity (Wildman–Crippen MR) is 47.8 cm³/mol. The van der Waals surface area contributed by atoms with E-state index in [2.05, 4.69) is 10.8 Å². The molecule has 0 rings (SSSR count). The maximum atomic E-state index is 11.7. The van der Waals surface area contributed by atoms with Crippen LogP contribution in [0.1, 0.15) is 6.92 Å². The van der Waals surface area contributed by atoms with Crippen molar-refractivity contribution in [3.63, 3.8) is 0 Å². The van der Waals surface area contributed by atoms with Gasteiger partial charge in [0.15, 0.2) is 12.0 Å². The van der Waals surface area contributed by atoms with Gasteiger partial charge >= 0.3 is 5.51 Å². The molecule has 0 bridgehead atoms. The van der Waals surface area contributed by atoms with Gasteiger partial charge in [-0.15, -0.1) is 0 Å². The molecular weight excluding hydrogens is 201 g/mol. The molecule has 0 aromatic carbocycles. The van der Waals surface area contributed by atoms with Crippen molar-refractivity contribution in [3.8, 4) is 0 Å². The first-order chi connectivity index (χ1) is 5.99. The van der Waals surface area contributed by atoms with E-state index in [1.165, 1.54) is 18.2 Å². The number of hydrogen-bond acceptors (Lipinski definition) is 2. The molecule has 13 heavy (non-hydrogen) atoms. The third-order valence-corrected chi connectivity index (χ3v) is 1.31. The predicted octanol–water partition coefficient (Wildman–Crippen LogP) is 3.82. The lowest BCUT2D eigenvalue weighted by atomic mass is 10.4. The minimum absolute atomic E-state index is 0.111. The van der Waals surface area contributed by atoms with E-state index in [1.807, 2.05) is 0 Å². The Morgan fingerprint density at radius 3 is 2.46 bits per heavy atom. The number of allylic oxidation sites excluding steroid dienone is 4. The third-order valence-electron chi connectivity index (χ3n) is 0.845. The van der Waals surface area contributed by atoms with Crippen LogP contribution in [0.15, 0.2) is 36.6 Å². The van der Waals surface area contributed by atoms with Gasteiger partial charge in [-0.2, -0.15) is 13.2 Å². The van der Waals surface area contributed by atoms with Crippen molar-refractivity contribution in [2.24, 2.45) is 0 Å². The molecule has 0 atom stereocenters. The molecule has 0 amide bonds. The van der Waals surface area contributed by atoms with Crippen LogP contribution in [-0.4, -0.2) is 5.51 Å². The van der Waals surface area contributed by atoms with Crippen LogP contribution in [0.25, 0.3) is 0 Å². The first-order valence-corrected chi connectivity index (χ1v) is 4.11. The second-order valence-corrected chi connectivity index (χ2v) is 2.71. The van der Waals surface area contributed by atoms with Gasteiger partial charge in [-0.25, -0.2) is 0 Å². The van der Waals surface area contributed by atoms with Crippen molar-refractivity contribution >= 4 is 12.0 Å². The summed E-state index contributed by atoms with van der Waals surface area (Å²) in [5.74, 6) is 0.111. The highest BCUT2D eigenvalue weighted by atomic mass is 32.2. The normalized spacial score (nSPS) is 13.4. The molecule has 0 aromatic rings. The first kappa shape index (κ1) is 12.2. The van der Waals surface area contributed by atoms with E-state index in [9.17, 15) is 13.2 Å². The summed E-state index contributed by atoms with van der Waals surface area (Å²) >= 11 is -0.546. The number of alkyl halides is 3. The molecule has 0 aliphatic rings. The lowest BCUT2D eigenvalue weighted by Gasteiger charge is -2.06. The standard InChI is InChI=1S/C8H9F3OS/c1-3-5-7(6-4-2)12-13-8(9,10)11/h3-6H,1H2,2H3/b6-4-,7-5+. The Labute approximate surface area is 79.2 Å². The maximum Gasteiger partial charge on any atom is 0.479 e. The highest BCUT2D eigenvalue weighted by Crippen LogP contribution is 2.32. The van der Waals surface area contributed by atoms with Crippen molar-refractivity contribution in [2.75, 3.05) is 0 Å². The number of rotatable bonds is 4. The monoisotopic (exact) mass is 210 g/mol. The highest BCUT2D eigenvalue weighted by molar-refractivity contribution is 7.95. The summed E-state index contributed by atoms with van der Waals surface area (Å²) in [7, 11) is 0. The third kappa shape index (κ3) is 7.52. The molecular formula is C8H9F3OS. The van der Waals surface area contributed by atoms with Gasteiger partial charge in [-0.1, -0.05) is 18.7 Å². The lowest BCUT2D eigenvalue weighted by Crippen LogP contribution is -2.00. The van der Waals surface area contributed by atoms with Crippen LogP contribution < -0.4 is 0 Å². The quantitative estimate of drug-likeness (QED) is 0.396. The van der Waals surface area contributed by atoms with E-state index in [1.54, 1.807) is 13.0 Å². The van der Waals surface area contributed by atoms with Crippen molar-refractivity contribution in [1.29, 1.82) is 0 Å². The summed E-state index contributed by atoms with van der Waals surface area (Å²) in [6.07, 6.45) is 5.69. The van der Waals surface area contributed by atoms with Crippen LogP contribution in [0.5, 0.6) is 0 Å². The summed E-state index contributed by atoms with van der Waals surface area (Å²) in [5, 5.41) is 0. The van der Waals surface area contributed by atoms with Gasteiger partial charge < -0.3 is 4.18 Å².